The molecule has 0 bridgehead atoms. The van der Waals surface area contributed by atoms with Gasteiger partial charge >= 0.3 is 0 Å². The highest BCUT2D eigenvalue weighted by Gasteiger charge is 2.18. The lowest BCUT2D eigenvalue weighted by Crippen LogP contribution is -2.18. The van der Waals surface area contributed by atoms with Gasteiger partial charge in [-0.3, -0.25) is 0 Å². The average molecular weight is 277 g/mol. The number of rotatable bonds is 3. The summed E-state index contributed by atoms with van der Waals surface area (Å²) >= 11 is 0. The summed E-state index contributed by atoms with van der Waals surface area (Å²) in [6, 6.07) is 18.2. The van der Waals surface area contributed by atoms with Crippen LogP contribution in [0, 0.1) is 13.8 Å². The number of hydrogen-bond donors (Lipinski definition) is 1. The molecule has 3 rings (SSSR count). The third-order valence-electron chi connectivity index (χ3n) is 3.84. The van der Waals surface area contributed by atoms with E-state index in [1.807, 2.05) is 41.1 Å². The monoisotopic (exact) mass is 277 g/mol. The van der Waals surface area contributed by atoms with Crippen molar-refractivity contribution in [3.05, 3.63) is 83.2 Å². The van der Waals surface area contributed by atoms with Gasteiger partial charge in [0.05, 0.1) is 17.4 Å². The van der Waals surface area contributed by atoms with Crippen molar-refractivity contribution in [1.29, 1.82) is 0 Å². The predicted octanol–water partition coefficient (Wildman–Crippen LogP) is 3.54. The van der Waals surface area contributed by atoms with Crippen molar-refractivity contribution in [3.8, 4) is 5.69 Å². The Hall–Kier alpha value is -2.39. The Kier molecular flexibility index (Phi) is 3.59. The molecule has 0 amide bonds. The molecule has 1 unspecified atom stereocenters. The predicted molar refractivity (Wildman–Crippen MR) is 85.5 cm³/mol. The molecule has 21 heavy (non-hydrogen) atoms. The molecular weight excluding hydrogens is 258 g/mol. The summed E-state index contributed by atoms with van der Waals surface area (Å²) in [6.45, 7) is 4.21. The number of aromatic nitrogens is 2. The normalized spacial score (nSPS) is 12.3. The molecule has 1 heterocycles. The van der Waals surface area contributed by atoms with Crippen LogP contribution in [-0.2, 0) is 0 Å². The summed E-state index contributed by atoms with van der Waals surface area (Å²) in [5, 5.41) is 4.43. The highest BCUT2D eigenvalue weighted by molar-refractivity contribution is 5.42. The van der Waals surface area contributed by atoms with Crippen LogP contribution in [0.3, 0.4) is 0 Å². The van der Waals surface area contributed by atoms with E-state index in [-0.39, 0.29) is 6.04 Å². The standard InChI is InChI=1S/C18H19N3/c1-13-7-6-8-14(2)17(13)18(19)16-11-12-20-21(16)15-9-4-3-5-10-15/h3-12,18H,19H2,1-2H3. The maximum Gasteiger partial charge on any atom is 0.0732 e. The molecule has 0 fully saturated rings. The zero-order valence-corrected chi connectivity index (χ0v) is 12.3. The van der Waals surface area contributed by atoms with Crippen molar-refractivity contribution in [2.45, 2.75) is 19.9 Å². The first-order chi connectivity index (χ1) is 10.2. The summed E-state index contributed by atoms with van der Waals surface area (Å²) in [4.78, 5) is 0. The Balaban J connectivity index is 2.08. The van der Waals surface area contributed by atoms with Gasteiger partial charge in [-0.15, -0.1) is 0 Å². The van der Waals surface area contributed by atoms with Gasteiger partial charge < -0.3 is 5.73 Å². The first-order valence-corrected chi connectivity index (χ1v) is 7.09. The number of nitrogens with zero attached hydrogens (tertiary/aromatic N) is 2. The van der Waals surface area contributed by atoms with Gasteiger partial charge in [0, 0.05) is 6.20 Å². The molecule has 0 aliphatic rings. The van der Waals surface area contributed by atoms with E-state index in [0.717, 1.165) is 11.4 Å². The summed E-state index contributed by atoms with van der Waals surface area (Å²) in [5.74, 6) is 0. The van der Waals surface area contributed by atoms with Crippen LogP contribution in [0.1, 0.15) is 28.4 Å². The molecule has 3 heteroatoms. The van der Waals surface area contributed by atoms with Gasteiger partial charge in [0.2, 0.25) is 0 Å². The Morgan fingerprint density at radius 1 is 0.905 bits per heavy atom. The zero-order chi connectivity index (χ0) is 14.8. The summed E-state index contributed by atoms with van der Waals surface area (Å²) in [6.07, 6.45) is 1.80. The minimum Gasteiger partial charge on any atom is -0.319 e. The lowest BCUT2D eigenvalue weighted by Gasteiger charge is -2.19. The Labute approximate surface area is 125 Å². The first-order valence-electron chi connectivity index (χ1n) is 7.09. The van der Waals surface area contributed by atoms with Gasteiger partial charge in [-0.25, -0.2) is 4.68 Å². The van der Waals surface area contributed by atoms with Gasteiger partial charge in [0.25, 0.3) is 0 Å². The van der Waals surface area contributed by atoms with E-state index in [0.29, 0.717) is 0 Å². The Morgan fingerprint density at radius 2 is 1.57 bits per heavy atom. The number of hydrogen-bond acceptors (Lipinski definition) is 2. The summed E-state index contributed by atoms with van der Waals surface area (Å²) < 4.78 is 1.91. The first kappa shape index (κ1) is 13.6. The maximum atomic E-state index is 6.54. The van der Waals surface area contributed by atoms with E-state index in [2.05, 4.69) is 37.1 Å². The van der Waals surface area contributed by atoms with Crippen molar-refractivity contribution >= 4 is 0 Å². The fraction of sp³-hybridized carbons (Fsp3) is 0.167. The fourth-order valence-electron chi connectivity index (χ4n) is 2.80. The number of para-hydroxylation sites is 1. The van der Waals surface area contributed by atoms with Crippen molar-refractivity contribution in [2.24, 2.45) is 5.73 Å². The lowest BCUT2D eigenvalue weighted by atomic mass is 9.94. The highest BCUT2D eigenvalue weighted by Crippen LogP contribution is 2.27. The van der Waals surface area contributed by atoms with Crippen LogP contribution in [0.15, 0.2) is 60.8 Å². The van der Waals surface area contributed by atoms with E-state index in [1.165, 1.54) is 16.7 Å². The highest BCUT2D eigenvalue weighted by atomic mass is 15.3. The number of benzene rings is 2. The fourth-order valence-corrected chi connectivity index (χ4v) is 2.80. The van der Waals surface area contributed by atoms with E-state index in [4.69, 9.17) is 5.73 Å². The minimum absolute atomic E-state index is 0.186. The average Bonchev–Trinajstić information content (AvgIpc) is 2.97. The Bertz CT molecular complexity index is 724. The molecule has 0 aliphatic heterocycles. The van der Waals surface area contributed by atoms with E-state index < -0.39 is 0 Å². The molecular formula is C18H19N3. The molecule has 2 aromatic carbocycles. The third-order valence-corrected chi connectivity index (χ3v) is 3.84. The number of aryl methyl sites for hydroxylation is 2. The second-order valence-corrected chi connectivity index (χ2v) is 5.29. The van der Waals surface area contributed by atoms with Crippen LogP contribution in [0.25, 0.3) is 5.69 Å². The molecule has 0 aliphatic carbocycles. The van der Waals surface area contributed by atoms with Crippen LogP contribution in [-0.4, -0.2) is 9.78 Å². The Morgan fingerprint density at radius 3 is 2.24 bits per heavy atom. The molecule has 0 spiro atoms. The molecule has 0 radical (unpaired) electrons. The molecule has 3 nitrogen and oxygen atoms in total. The second-order valence-electron chi connectivity index (χ2n) is 5.29. The second kappa shape index (κ2) is 5.54. The van der Waals surface area contributed by atoms with Crippen molar-refractivity contribution in [2.75, 3.05) is 0 Å². The number of nitrogens with two attached hydrogens (primary N) is 1. The van der Waals surface area contributed by atoms with Crippen molar-refractivity contribution < 1.29 is 0 Å². The van der Waals surface area contributed by atoms with Crippen LogP contribution in [0.4, 0.5) is 0 Å². The molecule has 1 atom stereocenters. The smallest absolute Gasteiger partial charge is 0.0732 e. The van der Waals surface area contributed by atoms with Crippen LogP contribution in [0.5, 0.6) is 0 Å². The van der Waals surface area contributed by atoms with Crippen LogP contribution < -0.4 is 5.73 Å². The third kappa shape index (κ3) is 2.48. The van der Waals surface area contributed by atoms with Gasteiger partial charge in [-0.2, -0.15) is 5.10 Å². The van der Waals surface area contributed by atoms with Gasteiger partial charge in [0.15, 0.2) is 0 Å². The largest absolute Gasteiger partial charge is 0.319 e. The van der Waals surface area contributed by atoms with Gasteiger partial charge in [-0.1, -0.05) is 36.4 Å². The molecule has 106 valence electrons. The van der Waals surface area contributed by atoms with E-state index in [9.17, 15) is 0 Å². The SMILES string of the molecule is Cc1cccc(C)c1C(N)c1ccnn1-c1ccccc1. The van der Waals surface area contributed by atoms with E-state index >= 15 is 0 Å². The molecule has 1 aromatic heterocycles. The molecule has 0 saturated heterocycles. The van der Waals surface area contributed by atoms with Crippen molar-refractivity contribution in [1.82, 2.24) is 9.78 Å². The molecule has 3 aromatic rings. The van der Waals surface area contributed by atoms with Gasteiger partial charge in [-0.05, 0) is 48.7 Å². The zero-order valence-electron chi connectivity index (χ0n) is 12.3. The summed E-state index contributed by atoms with van der Waals surface area (Å²) in [5.41, 5.74) is 12.2. The van der Waals surface area contributed by atoms with E-state index in [1.54, 1.807) is 6.20 Å². The lowest BCUT2D eigenvalue weighted by molar-refractivity contribution is 0.732. The topological polar surface area (TPSA) is 43.8 Å². The summed E-state index contributed by atoms with van der Waals surface area (Å²) in [7, 11) is 0. The van der Waals surface area contributed by atoms with Crippen molar-refractivity contribution in [3.63, 3.8) is 0 Å². The van der Waals surface area contributed by atoms with Crippen LogP contribution >= 0.6 is 0 Å². The minimum atomic E-state index is -0.186. The molecule has 2 N–H and O–H groups in total. The van der Waals surface area contributed by atoms with Crippen LogP contribution in [0.2, 0.25) is 0 Å². The quantitative estimate of drug-likeness (QED) is 0.795. The van der Waals surface area contributed by atoms with Gasteiger partial charge in [0.1, 0.15) is 0 Å². The maximum absolute atomic E-state index is 6.54. The molecule has 0 saturated carbocycles.